The van der Waals surface area contributed by atoms with E-state index >= 15 is 0 Å². The molecule has 3 aromatic heterocycles. The zero-order valence-corrected chi connectivity index (χ0v) is 11.6. The van der Waals surface area contributed by atoms with Crippen LogP contribution in [0.4, 0.5) is 5.69 Å². The summed E-state index contributed by atoms with van der Waals surface area (Å²) in [6, 6.07) is 7.72. The maximum atomic E-state index is 5.59. The first-order valence-corrected chi connectivity index (χ1v) is 7.50. The van der Waals surface area contributed by atoms with Crippen LogP contribution in [0.3, 0.4) is 0 Å². The summed E-state index contributed by atoms with van der Waals surface area (Å²) in [6.07, 6.45) is 3.35. The van der Waals surface area contributed by atoms with E-state index in [4.69, 9.17) is 10.2 Å². The molecule has 2 N–H and O–H groups in total. The Morgan fingerprint density at radius 3 is 3.00 bits per heavy atom. The van der Waals surface area contributed by atoms with Gasteiger partial charge in [0.05, 0.1) is 27.5 Å². The van der Waals surface area contributed by atoms with Crippen molar-refractivity contribution in [2.75, 3.05) is 5.73 Å². The molecule has 0 unspecified atom stereocenters. The highest BCUT2D eigenvalue weighted by Crippen LogP contribution is 2.26. The number of oxazole rings is 1. The molecule has 0 saturated carbocycles. The zero-order valence-electron chi connectivity index (χ0n) is 9.95. The molecule has 0 saturated heterocycles. The number of pyridine rings is 1. The van der Waals surface area contributed by atoms with E-state index in [1.807, 2.05) is 29.6 Å². The van der Waals surface area contributed by atoms with Crippen molar-refractivity contribution in [3.63, 3.8) is 0 Å². The average Bonchev–Trinajstić information content (AvgIpc) is 3.09. The van der Waals surface area contributed by atoms with E-state index in [2.05, 4.69) is 9.97 Å². The smallest absolute Gasteiger partial charge is 0.236 e. The van der Waals surface area contributed by atoms with Gasteiger partial charge in [-0.05, 0) is 23.6 Å². The van der Waals surface area contributed by atoms with Crippen molar-refractivity contribution in [2.45, 2.75) is 10.8 Å². The van der Waals surface area contributed by atoms with Crippen LogP contribution in [0.5, 0.6) is 0 Å². The Bertz CT molecular complexity index is 647. The predicted molar refractivity (Wildman–Crippen MR) is 78.0 cm³/mol. The Labute approximate surface area is 118 Å². The van der Waals surface area contributed by atoms with Gasteiger partial charge in [-0.15, -0.1) is 11.3 Å². The van der Waals surface area contributed by atoms with Gasteiger partial charge in [0.2, 0.25) is 5.89 Å². The quantitative estimate of drug-likeness (QED) is 0.742. The van der Waals surface area contributed by atoms with Gasteiger partial charge in [-0.2, -0.15) is 0 Å². The summed E-state index contributed by atoms with van der Waals surface area (Å²) in [4.78, 5) is 9.73. The van der Waals surface area contributed by atoms with Crippen LogP contribution in [-0.4, -0.2) is 9.97 Å². The van der Waals surface area contributed by atoms with Crippen molar-refractivity contribution in [2.24, 2.45) is 0 Å². The molecule has 3 aromatic rings. The lowest BCUT2D eigenvalue weighted by molar-refractivity contribution is 0.575. The van der Waals surface area contributed by atoms with E-state index < -0.39 is 0 Å². The highest BCUT2D eigenvalue weighted by atomic mass is 32.2. The van der Waals surface area contributed by atoms with E-state index in [9.17, 15) is 0 Å². The molecule has 0 radical (unpaired) electrons. The third-order valence-electron chi connectivity index (χ3n) is 2.41. The minimum atomic E-state index is 0.672. The van der Waals surface area contributed by atoms with E-state index in [-0.39, 0.29) is 0 Å². The Balaban J connectivity index is 1.66. The summed E-state index contributed by atoms with van der Waals surface area (Å²) in [7, 11) is 0. The number of rotatable bonds is 4. The zero-order chi connectivity index (χ0) is 13.1. The second-order valence-electron chi connectivity index (χ2n) is 3.84. The number of anilines is 1. The van der Waals surface area contributed by atoms with Crippen molar-refractivity contribution in [3.8, 4) is 10.8 Å². The van der Waals surface area contributed by atoms with Gasteiger partial charge in [0.15, 0.2) is 0 Å². The Kier molecular flexibility index (Phi) is 3.52. The van der Waals surface area contributed by atoms with Crippen molar-refractivity contribution < 1.29 is 4.42 Å². The minimum absolute atomic E-state index is 0.672. The minimum Gasteiger partial charge on any atom is -0.444 e. The predicted octanol–water partition coefficient (Wildman–Crippen LogP) is 3.67. The molecule has 6 heteroatoms. The van der Waals surface area contributed by atoms with Gasteiger partial charge in [0.25, 0.3) is 0 Å². The molecule has 0 amide bonds. The SMILES string of the molecule is Nc1ccc(SCc2coc(-c3cccs3)n2)nc1. The fourth-order valence-corrected chi connectivity index (χ4v) is 2.89. The van der Waals surface area contributed by atoms with E-state index in [1.165, 1.54) is 0 Å². The molecule has 19 heavy (non-hydrogen) atoms. The van der Waals surface area contributed by atoms with Crippen LogP contribution in [0.1, 0.15) is 5.69 Å². The second-order valence-corrected chi connectivity index (χ2v) is 5.78. The Hall–Kier alpha value is -1.79. The summed E-state index contributed by atoms with van der Waals surface area (Å²) in [5.74, 6) is 1.40. The van der Waals surface area contributed by atoms with Gasteiger partial charge in [-0.3, -0.25) is 0 Å². The normalized spacial score (nSPS) is 10.7. The molecule has 0 aliphatic heterocycles. The first kappa shape index (κ1) is 12.3. The molecule has 0 bridgehead atoms. The standard InChI is InChI=1S/C13H11N3OS2/c14-9-3-4-12(15-6-9)19-8-10-7-17-13(16-10)11-2-1-5-18-11/h1-7H,8,14H2. The van der Waals surface area contributed by atoms with Crippen LogP contribution in [0, 0.1) is 0 Å². The Morgan fingerprint density at radius 1 is 1.32 bits per heavy atom. The summed E-state index contributed by atoms with van der Waals surface area (Å²) in [6.45, 7) is 0. The largest absolute Gasteiger partial charge is 0.444 e. The fourth-order valence-electron chi connectivity index (χ4n) is 1.51. The van der Waals surface area contributed by atoms with Crippen LogP contribution in [0.15, 0.2) is 51.5 Å². The van der Waals surface area contributed by atoms with Gasteiger partial charge in [-0.25, -0.2) is 9.97 Å². The number of nitrogens with two attached hydrogens (primary N) is 1. The number of thiophene rings is 1. The molecule has 0 aromatic carbocycles. The van der Waals surface area contributed by atoms with E-state index in [0.29, 0.717) is 11.6 Å². The molecule has 96 valence electrons. The van der Waals surface area contributed by atoms with Crippen LogP contribution in [0.25, 0.3) is 10.8 Å². The number of aromatic nitrogens is 2. The lowest BCUT2D eigenvalue weighted by Gasteiger charge is -1.98. The third kappa shape index (κ3) is 2.97. The van der Waals surface area contributed by atoms with Crippen molar-refractivity contribution >= 4 is 28.8 Å². The van der Waals surface area contributed by atoms with Crippen molar-refractivity contribution in [1.82, 2.24) is 9.97 Å². The van der Waals surface area contributed by atoms with Crippen LogP contribution in [0.2, 0.25) is 0 Å². The summed E-state index contributed by atoms with van der Waals surface area (Å²) >= 11 is 3.22. The highest BCUT2D eigenvalue weighted by Gasteiger charge is 2.08. The Morgan fingerprint density at radius 2 is 2.26 bits per heavy atom. The first-order chi connectivity index (χ1) is 9.31. The lowest BCUT2D eigenvalue weighted by atomic mass is 10.4. The van der Waals surface area contributed by atoms with Gasteiger partial charge in [-0.1, -0.05) is 17.8 Å². The third-order valence-corrected chi connectivity index (χ3v) is 4.25. The first-order valence-electron chi connectivity index (χ1n) is 5.64. The molecule has 4 nitrogen and oxygen atoms in total. The van der Waals surface area contributed by atoms with Gasteiger partial charge < -0.3 is 10.2 Å². The summed E-state index contributed by atoms with van der Waals surface area (Å²) in [5, 5.41) is 2.93. The fraction of sp³-hybridized carbons (Fsp3) is 0.0769. The van der Waals surface area contributed by atoms with Crippen molar-refractivity contribution in [1.29, 1.82) is 0 Å². The molecule has 0 fully saturated rings. The van der Waals surface area contributed by atoms with Crippen LogP contribution >= 0.6 is 23.1 Å². The number of hydrogen-bond acceptors (Lipinski definition) is 6. The number of nitrogens with zero attached hydrogens (tertiary/aromatic N) is 2. The van der Waals surface area contributed by atoms with E-state index in [0.717, 1.165) is 21.3 Å². The molecule has 0 spiro atoms. The number of hydrogen-bond donors (Lipinski definition) is 1. The van der Waals surface area contributed by atoms with Crippen molar-refractivity contribution in [3.05, 3.63) is 47.8 Å². The highest BCUT2D eigenvalue weighted by molar-refractivity contribution is 7.98. The van der Waals surface area contributed by atoms with Gasteiger partial charge in [0.1, 0.15) is 6.26 Å². The molecular weight excluding hydrogens is 278 g/mol. The molecular formula is C13H11N3OS2. The molecule has 0 aliphatic rings. The molecule has 3 rings (SSSR count). The number of nitrogen functional groups attached to an aromatic ring is 1. The summed E-state index contributed by atoms with van der Waals surface area (Å²) < 4.78 is 5.46. The topological polar surface area (TPSA) is 64.9 Å². The van der Waals surface area contributed by atoms with E-state index in [1.54, 1.807) is 35.6 Å². The maximum absolute atomic E-state index is 5.59. The average molecular weight is 289 g/mol. The lowest BCUT2D eigenvalue weighted by Crippen LogP contribution is -1.87. The summed E-state index contributed by atoms with van der Waals surface area (Å²) in [5.41, 5.74) is 7.17. The van der Waals surface area contributed by atoms with Gasteiger partial charge in [0, 0.05) is 5.75 Å². The number of thioether (sulfide) groups is 1. The maximum Gasteiger partial charge on any atom is 0.236 e. The molecule has 0 aliphatic carbocycles. The van der Waals surface area contributed by atoms with Crippen LogP contribution in [-0.2, 0) is 5.75 Å². The molecule has 3 heterocycles. The monoisotopic (exact) mass is 289 g/mol. The van der Waals surface area contributed by atoms with Crippen LogP contribution < -0.4 is 5.73 Å². The second kappa shape index (κ2) is 5.46. The molecule has 0 atom stereocenters. The van der Waals surface area contributed by atoms with Gasteiger partial charge >= 0.3 is 0 Å².